The third-order valence-electron chi connectivity index (χ3n) is 2.19. The normalized spacial score (nSPS) is 11.2. The van der Waals surface area contributed by atoms with E-state index in [1.807, 2.05) is 19.1 Å². The average molecular weight is 219 g/mol. The van der Waals surface area contributed by atoms with Crippen LogP contribution in [0.1, 0.15) is 18.1 Å². The maximum absolute atomic E-state index is 10.9. The minimum atomic E-state index is -1.16. The van der Waals surface area contributed by atoms with E-state index < -0.39 is 11.9 Å². The quantitative estimate of drug-likeness (QED) is 0.747. The average Bonchev–Trinajstić information content (AvgIpc) is 2.25. The Morgan fingerprint density at radius 3 is 2.25 bits per heavy atom. The second-order valence-electron chi connectivity index (χ2n) is 3.32. The van der Waals surface area contributed by atoms with Crippen LogP contribution in [0.25, 0.3) is 5.57 Å². The number of hydrogen-bond acceptors (Lipinski definition) is 2. The molecule has 3 N–H and O–H groups in total. The van der Waals surface area contributed by atoms with Crippen LogP contribution in [-0.4, -0.2) is 17.0 Å². The molecule has 0 heterocycles. The number of hydrogen-bond donors (Lipinski definition) is 2. The zero-order valence-electron chi connectivity index (χ0n) is 8.93. The lowest BCUT2D eigenvalue weighted by Crippen LogP contribution is -2.10. The fourth-order valence-corrected chi connectivity index (χ4v) is 1.33. The molecule has 0 aliphatic carbocycles. The van der Waals surface area contributed by atoms with Crippen LogP contribution in [0.4, 0.5) is 0 Å². The van der Waals surface area contributed by atoms with Crippen molar-refractivity contribution in [3.05, 3.63) is 41.5 Å². The van der Waals surface area contributed by atoms with Crippen molar-refractivity contribution in [2.24, 2.45) is 5.73 Å². The molecule has 0 radical (unpaired) electrons. The molecule has 0 atom stereocenters. The van der Waals surface area contributed by atoms with Crippen LogP contribution < -0.4 is 5.73 Å². The van der Waals surface area contributed by atoms with Crippen LogP contribution in [0, 0.1) is 0 Å². The number of carbonyl (C=O) groups is 2. The molecule has 1 amide bonds. The van der Waals surface area contributed by atoms with Gasteiger partial charge in [0.25, 0.3) is 0 Å². The Morgan fingerprint density at radius 2 is 1.88 bits per heavy atom. The number of aliphatic carboxylic acids is 1. The molecule has 1 aromatic rings. The van der Waals surface area contributed by atoms with E-state index in [1.54, 1.807) is 12.1 Å². The highest BCUT2D eigenvalue weighted by Gasteiger charge is 2.11. The lowest BCUT2D eigenvalue weighted by molar-refractivity contribution is -0.130. The summed E-state index contributed by atoms with van der Waals surface area (Å²) in [7, 11) is 0. The van der Waals surface area contributed by atoms with Crippen LogP contribution in [0.5, 0.6) is 0 Å². The summed E-state index contributed by atoms with van der Waals surface area (Å²) in [6.45, 7) is 2.01. The number of amides is 1. The molecule has 0 aliphatic heterocycles. The van der Waals surface area contributed by atoms with Gasteiger partial charge in [-0.15, -0.1) is 0 Å². The molecule has 4 nitrogen and oxygen atoms in total. The fraction of sp³-hybridized carbons (Fsp3) is 0.167. The minimum Gasteiger partial charge on any atom is -0.478 e. The number of primary amides is 1. The third-order valence-corrected chi connectivity index (χ3v) is 2.19. The number of aryl methyl sites for hydroxylation is 1. The molecular weight excluding hydrogens is 206 g/mol. The molecule has 1 rings (SSSR count). The molecule has 4 heteroatoms. The van der Waals surface area contributed by atoms with E-state index in [0.717, 1.165) is 18.1 Å². The number of carboxylic acid groups (broad SMARTS) is 1. The molecule has 0 saturated carbocycles. The molecule has 0 unspecified atom stereocenters. The van der Waals surface area contributed by atoms with Crippen LogP contribution in [0.3, 0.4) is 0 Å². The van der Waals surface area contributed by atoms with Crippen LogP contribution in [0.2, 0.25) is 0 Å². The van der Waals surface area contributed by atoms with E-state index >= 15 is 0 Å². The summed E-state index contributed by atoms with van der Waals surface area (Å²) in [4.78, 5) is 21.6. The van der Waals surface area contributed by atoms with Gasteiger partial charge in [-0.3, -0.25) is 4.79 Å². The van der Waals surface area contributed by atoms with Crippen molar-refractivity contribution < 1.29 is 14.7 Å². The number of nitrogens with two attached hydrogens (primary N) is 1. The Labute approximate surface area is 93.4 Å². The highest BCUT2D eigenvalue weighted by Crippen LogP contribution is 2.15. The predicted octanol–water partition coefficient (Wildman–Crippen LogP) is 1.20. The van der Waals surface area contributed by atoms with Crippen molar-refractivity contribution in [3.8, 4) is 0 Å². The maximum Gasteiger partial charge on any atom is 0.336 e. The molecule has 0 fully saturated rings. The first-order chi connectivity index (χ1) is 7.54. The second kappa shape index (κ2) is 5.11. The van der Waals surface area contributed by atoms with Gasteiger partial charge in [0.05, 0.1) is 5.57 Å². The van der Waals surface area contributed by atoms with Crippen molar-refractivity contribution in [2.45, 2.75) is 13.3 Å². The minimum absolute atomic E-state index is 0.0878. The van der Waals surface area contributed by atoms with E-state index in [0.29, 0.717) is 5.56 Å². The van der Waals surface area contributed by atoms with Gasteiger partial charge >= 0.3 is 5.97 Å². The molecule has 0 aromatic heterocycles. The van der Waals surface area contributed by atoms with Gasteiger partial charge in [0.1, 0.15) is 0 Å². The summed E-state index contributed by atoms with van der Waals surface area (Å²) < 4.78 is 0. The topological polar surface area (TPSA) is 80.4 Å². The molecule has 1 aromatic carbocycles. The van der Waals surface area contributed by atoms with E-state index in [-0.39, 0.29) is 5.57 Å². The highest BCUT2D eigenvalue weighted by molar-refractivity contribution is 6.20. The first-order valence-corrected chi connectivity index (χ1v) is 4.88. The van der Waals surface area contributed by atoms with Crippen molar-refractivity contribution in [2.75, 3.05) is 0 Å². The summed E-state index contributed by atoms with van der Waals surface area (Å²) in [6, 6.07) is 6.99. The van der Waals surface area contributed by atoms with E-state index in [4.69, 9.17) is 10.8 Å². The summed E-state index contributed by atoms with van der Waals surface area (Å²) >= 11 is 0. The Kier molecular flexibility index (Phi) is 3.83. The second-order valence-corrected chi connectivity index (χ2v) is 3.32. The molecule has 0 aliphatic rings. The van der Waals surface area contributed by atoms with Crippen LogP contribution in [0.15, 0.2) is 30.3 Å². The molecule has 0 spiro atoms. The number of benzene rings is 1. The monoisotopic (exact) mass is 219 g/mol. The van der Waals surface area contributed by atoms with Crippen LogP contribution in [-0.2, 0) is 16.0 Å². The van der Waals surface area contributed by atoms with Gasteiger partial charge in [0.2, 0.25) is 5.91 Å². The number of carboxylic acids is 1. The van der Waals surface area contributed by atoms with Crippen molar-refractivity contribution in [1.82, 2.24) is 0 Å². The lowest BCUT2D eigenvalue weighted by Gasteiger charge is -2.03. The maximum atomic E-state index is 10.9. The highest BCUT2D eigenvalue weighted by atomic mass is 16.4. The summed E-state index contributed by atoms with van der Waals surface area (Å²) in [5.74, 6) is -1.93. The van der Waals surface area contributed by atoms with Crippen molar-refractivity contribution in [1.29, 1.82) is 0 Å². The first kappa shape index (κ1) is 12.0. The molecule has 0 saturated heterocycles. The molecule has 16 heavy (non-hydrogen) atoms. The Balaban J connectivity index is 3.12. The van der Waals surface area contributed by atoms with Crippen LogP contribution >= 0.6 is 0 Å². The van der Waals surface area contributed by atoms with Gasteiger partial charge in [-0.05, 0) is 17.5 Å². The van der Waals surface area contributed by atoms with E-state index in [1.165, 1.54) is 0 Å². The Morgan fingerprint density at radius 1 is 1.31 bits per heavy atom. The van der Waals surface area contributed by atoms with Gasteiger partial charge in [-0.2, -0.15) is 0 Å². The Hall–Kier alpha value is -2.10. The van der Waals surface area contributed by atoms with Gasteiger partial charge in [0, 0.05) is 6.08 Å². The lowest BCUT2D eigenvalue weighted by atomic mass is 10.0. The fourth-order valence-electron chi connectivity index (χ4n) is 1.33. The van der Waals surface area contributed by atoms with Gasteiger partial charge in [-0.1, -0.05) is 31.2 Å². The zero-order valence-corrected chi connectivity index (χ0v) is 8.93. The van der Waals surface area contributed by atoms with E-state index in [2.05, 4.69) is 0 Å². The molecule has 84 valence electrons. The third kappa shape index (κ3) is 2.95. The molecular formula is C12H13NO3. The summed E-state index contributed by atoms with van der Waals surface area (Å²) in [6.07, 6.45) is 1.80. The predicted molar refractivity (Wildman–Crippen MR) is 60.6 cm³/mol. The van der Waals surface area contributed by atoms with E-state index in [9.17, 15) is 9.59 Å². The van der Waals surface area contributed by atoms with Gasteiger partial charge in [0.15, 0.2) is 0 Å². The van der Waals surface area contributed by atoms with Crippen molar-refractivity contribution in [3.63, 3.8) is 0 Å². The number of rotatable bonds is 4. The Bertz CT molecular complexity index is 432. The van der Waals surface area contributed by atoms with Gasteiger partial charge in [-0.25, -0.2) is 4.79 Å². The first-order valence-electron chi connectivity index (χ1n) is 4.88. The molecule has 0 bridgehead atoms. The van der Waals surface area contributed by atoms with Crippen molar-refractivity contribution >= 4 is 17.4 Å². The summed E-state index contributed by atoms with van der Waals surface area (Å²) in [5.41, 5.74) is 6.44. The SMILES string of the molecule is CCc1ccc(C(=CC(N)=O)C(=O)O)cc1. The van der Waals surface area contributed by atoms with Gasteiger partial charge < -0.3 is 10.8 Å². The number of carbonyl (C=O) groups excluding carboxylic acids is 1. The summed E-state index contributed by atoms with van der Waals surface area (Å²) in [5, 5.41) is 8.93. The zero-order chi connectivity index (χ0) is 12.1. The smallest absolute Gasteiger partial charge is 0.336 e. The standard InChI is InChI=1S/C12H13NO3/c1-2-8-3-5-9(6-4-8)10(12(15)16)7-11(13)14/h3-7H,2H2,1H3,(H2,13,14)(H,15,16). The largest absolute Gasteiger partial charge is 0.478 e.